The normalized spacial score (nSPS) is 18.7. The van der Waals surface area contributed by atoms with Crippen molar-refractivity contribution >= 4 is 11.4 Å². The zero-order chi connectivity index (χ0) is 16.3. The summed E-state index contributed by atoms with van der Waals surface area (Å²) in [6, 6.07) is 8.76. The van der Waals surface area contributed by atoms with E-state index in [0.717, 1.165) is 5.69 Å². The summed E-state index contributed by atoms with van der Waals surface area (Å²) in [4.78, 5) is 9.52. The molecule has 0 spiro atoms. The first kappa shape index (κ1) is 14.3. The third-order valence-corrected chi connectivity index (χ3v) is 5.14. The van der Waals surface area contributed by atoms with Crippen LogP contribution in [0.3, 0.4) is 0 Å². The second kappa shape index (κ2) is 4.85. The molecule has 2 aliphatic rings. The van der Waals surface area contributed by atoms with Crippen LogP contribution >= 0.6 is 0 Å². The van der Waals surface area contributed by atoms with Crippen LogP contribution in [0.25, 0.3) is 17.0 Å². The summed E-state index contributed by atoms with van der Waals surface area (Å²) in [7, 11) is 2.15. The topological polar surface area (TPSA) is 19.4 Å². The van der Waals surface area contributed by atoms with Crippen molar-refractivity contribution < 1.29 is 0 Å². The predicted octanol–water partition coefficient (Wildman–Crippen LogP) is 4.59. The van der Waals surface area contributed by atoms with Gasteiger partial charge in [-0.2, -0.15) is 0 Å². The number of anilines is 1. The lowest BCUT2D eigenvalue weighted by atomic mass is 9.86. The molecule has 118 valence electrons. The van der Waals surface area contributed by atoms with E-state index in [9.17, 15) is 0 Å². The number of hydrogen-bond acceptors (Lipinski definition) is 3. The Morgan fingerprint density at radius 3 is 2.70 bits per heavy atom. The van der Waals surface area contributed by atoms with Crippen molar-refractivity contribution in [3.63, 3.8) is 0 Å². The zero-order valence-electron chi connectivity index (χ0n) is 14.5. The number of rotatable bonds is 1. The minimum Gasteiger partial charge on any atom is -0.358 e. The van der Waals surface area contributed by atoms with Crippen molar-refractivity contribution in [2.24, 2.45) is 0 Å². The highest BCUT2D eigenvalue weighted by Gasteiger charge is 2.38. The van der Waals surface area contributed by atoms with E-state index in [1.54, 1.807) is 0 Å². The van der Waals surface area contributed by atoms with Gasteiger partial charge in [-0.3, -0.25) is 4.98 Å². The van der Waals surface area contributed by atoms with Crippen LogP contribution in [0.4, 0.5) is 5.69 Å². The molecule has 23 heavy (non-hydrogen) atoms. The van der Waals surface area contributed by atoms with Gasteiger partial charge in [0.25, 0.3) is 0 Å². The van der Waals surface area contributed by atoms with Gasteiger partial charge in [0.1, 0.15) is 6.17 Å². The van der Waals surface area contributed by atoms with Gasteiger partial charge in [-0.05, 0) is 43.0 Å². The summed E-state index contributed by atoms with van der Waals surface area (Å²) in [5.74, 6) is 0.473. The molecule has 0 bridgehead atoms. The van der Waals surface area contributed by atoms with Gasteiger partial charge in [-0.1, -0.05) is 26.0 Å². The molecule has 0 saturated heterocycles. The van der Waals surface area contributed by atoms with Gasteiger partial charge in [-0.25, -0.2) is 0 Å². The average molecular weight is 305 g/mol. The zero-order valence-corrected chi connectivity index (χ0v) is 14.5. The van der Waals surface area contributed by atoms with Crippen molar-refractivity contribution in [1.29, 1.82) is 0 Å². The molecule has 3 heteroatoms. The molecule has 1 atom stereocenters. The molecule has 0 unspecified atom stereocenters. The van der Waals surface area contributed by atoms with E-state index < -0.39 is 0 Å². The monoisotopic (exact) mass is 305 g/mol. The standard InChI is InChI=1S/C20H23N3/c1-12(2)15-9-8-13(3)20-18(15)19-16(7-6-10-21-19)17-11-22(5)14(4)23(17)20/h6-12,14H,1-5H3/t14-/m0/s1. The van der Waals surface area contributed by atoms with Crippen molar-refractivity contribution in [3.05, 3.63) is 53.4 Å². The van der Waals surface area contributed by atoms with E-state index >= 15 is 0 Å². The number of hydrogen-bond donors (Lipinski definition) is 0. The van der Waals surface area contributed by atoms with E-state index in [1.807, 2.05) is 12.3 Å². The second-order valence-electron chi connectivity index (χ2n) is 6.93. The maximum atomic E-state index is 4.77. The van der Waals surface area contributed by atoms with Crippen LogP contribution in [-0.4, -0.2) is 23.1 Å². The van der Waals surface area contributed by atoms with E-state index in [2.05, 4.69) is 68.9 Å². The third-order valence-electron chi connectivity index (χ3n) is 5.14. The first-order chi connectivity index (χ1) is 11.0. The Balaban J connectivity index is 2.12. The highest BCUT2D eigenvalue weighted by atomic mass is 15.4. The van der Waals surface area contributed by atoms with Gasteiger partial charge in [0, 0.05) is 30.6 Å². The summed E-state index contributed by atoms with van der Waals surface area (Å²) >= 11 is 0. The van der Waals surface area contributed by atoms with Crippen molar-refractivity contribution in [1.82, 2.24) is 9.88 Å². The molecule has 2 aromatic rings. The molecule has 0 radical (unpaired) electrons. The van der Waals surface area contributed by atoms with Crippen LogP contribution in [0, 0.1) is 6.92 Å². The lowest BCUT2D eigenvalue weighted by Gasteiger charge is -2.37. The van der Waals surface area contributed by atoms with Crippen molar-refractivity contribution in [2.45, 2.75) is 39.8 Å². The summed E-state index contributed by atoms with van der Waals surface area (Å²) in [6.07, 6.45) is 4.47. The number of nitrogens with zero attached hydrogens (tertiary/aromatic N) is 3. The Morgan fingerprint density at radius 2 is 1.96 bits per heavy atom. The number of aryl methyl sites for hydroxylation is 1. The molecular formula is C20H23N3. The molecule has 1 aromatic carbocycles. The van der Waals surface area contributed by atoms with E-state index in [-0.39, 0.29) is 0 Å². The fraction of sp³-hybridized carbons (Fsp3) is 0.350. The van der Waals surface area contributed by atoms with Crippen molar-refractivity contribution in [3.8, 4) is 11.3 Å². The number of pyridine rings is 1. The largest absolute Gasteiger partial charge is 0.358 e. The van der Waals surface area contributed by atoms with Crippen LogP contribution in [0.1, 0.15) is 43.4 Å². The molecule has 4 rings (SSSR count). The summed E-state index contributed by atoms with van der Waals surface area (Å²) < 4.78 is 0. The highest BCUT2D eigenvalue weighted by molar-refractivity contribution is 6.01. The molecule has 0 amide bonds. The first-order valence-corrected chi connectivity index (χ1v) is 8.33. The molecule has 2 aliphatic heterocycles. The van der Waals surface area contributed by atoms with Gasteiger partial charge in [0.05, 0.1) is 17.1 Å². The first-order valence-electron chi connectivity index (χ1n) is 8.33. The van der Waals surface area contributed by atoms with Crippen molar-refractivity contribution in [2.75, 3.05) is 11.9 Å². The maximum Gasteiger partial charge on any atom is 0.103 e. The lowest BCUT2D eigenvalue weighted by molar-refractivity contribution is 0.383. The van der Waals surface area contributed by atoms with Gasteiger partial charge >= 0.3 is 0 Å². The van der Waals surface area contributed by atoms with Crippen LogP contribution < -0.4 is 4.90 Å². The van der Waals surface area contributed by atoms with Gasteiger partial charge < -0.3 is 9.80 Å². The Morgan fingerprint density at radius 1 is 1.17 bits per heavy atom. The predicted molar refractivity (Wildman–Crippen MR) is 96.2 cm³/mol. The number of benzene rings is 1. The smallest absolute Gasteiger partial charge is 0.103 e. The van der Waals surface area contributed by atoms with Crippen LogP contribution in [-0.2, 0) is 0 Å². The molecule has 0 fully saturated rings. The minimum atomic E-state index is 0.318. The fourth-order valence-corrected chi connectivity index (χ4v) is 3.82. The summed E-state index contributed by atoms with van der Waals surface area (Å²) in [6.45, 7) is 8.99. The third kappa shape index (κ3) is 1.86. The van der Waals surface area contributed by atoms with Crippen LogP contribution in [0.2, 0.25) is 0 Å². The maximum absolute atomic E-state index is 4.77. The molecule has 0 aliphatic carbocycles. The average Bonchev–Trinajstić information content (AvgIpc) is 2.83. The number of aromatic nitrogens is 1. The molecular weight excluding hydrogens is 282 g/mol. The molecule has 0 saturated carbocycles. The molecule has 3 nitrogen and oxygen atoms in total. The lowest BCUT2D eigenvalue weighted by Crippen LogP contribution is -2.37. The van der Waals surface area contributed by atoms with Gasteiger partial charge in [0.2, 0.25) is 0 Å². The minimum absolute atomic E-state index is 0.318. The fourth-order valence-electron chi connectivity index (χ4n) is 3.82. The van der Waals surface area contributed by atoms with Crippen LogP contribution in [0.15, 0.2) is 36.7 Å². The molecule has 1 aromatic heterocycles. The Kier molecular flexibility index (Phi) is 3.02. The summed E-state index contributed by atoms with van der Waals surface area (Å²) in [5, 5.41) is 0. The highest BCUT2D eigenvalue weighted by Crippen LogP contribution is 2.50. The Hall–Kier alpha value is -2.29. The van der Waals surface area contributed by atoms with Crippen LogP contribution in [0.5, 0.6) is 0 Å². The van der Waals surface area contributed by atoms with E-state index in [0.29, 0.717) is 12.1 Å². The number of fused-ring (bicyclic) bond motifs is 6. The Labute approximate surface area is 138 Å². The summed E-state index contributed by atoms with van der Waals surface area (Å²) in [5.41, 5.74) is 8.96. The Bertz CT molecular complexity index is 820. The molecule has 3 heterocycles. The quantitative estimate of drug-likeness (QED) is 0.768. The van der Waals surface area contributed by atoms with Gasteiger partial charge in [-0.15, -0.1) is 0 Å². The van der Waals surface area contributed by atoms with Gasteiger partial charge in [0.15, 0.2) is 0 Å². The SMILES string of the molecule is Cc1ccc(C(C)C)c2c1N1C(=CN(C)[C@@H]1C)c1cccnc1-2. The second-order valence-corrected chi connectivity index (χ2v) is 6.93. The molecule has 0 N–H and O–H groups in total. The van der Waals surface area contributed by atoms with E-state index in [4.69, 9.17) is 4.98 Å². The van der Waals surface area contributed by atoms with E-state index in [1.165, 1.54) is 33.6 Å².